The van der Waals surface area contributed by atoms with Gasteiger partial charge in [-0.15, -0.1) is 0 Å². The van der Waals surface area contributed by atoms with Gasteiger partial charge in [0.25, 0.3) is 0 Å². The maximum absolute atomic E-state index is 10.3. The van der Waals surface area contributed by atoms with Gasteiger partial charge in [-0.25, -0.2) is 4.99 Å². The number of aliphatic imine (C=N–C) groups is 1. The van der Waals surface area contributed by atoms with Gasteiger partial charge in [0.2, 0.25) is 5.91 Å². The number of halogens is 1. The Bertz CT molecular complexity index is 519. The summed E-state index contributed by atoms with van der Waals surface area (Å²) in [6.07, 6.45) is 4.57. The van der Waals surface area contributed by atoms with Crippen molar-refractivity contribution in [2.45, 2.75) is 46.5 Å². The standard InChI is InChI=1S/C6H8ClN.C5H8N2O.C3H6O2.C2H4N2/c1-2-5-3-4-6(7)8-5;1-2-5(8)7-4-3-6;1-2-3(4)5;3-1-2-4/h4H,2-3H2,1H3;2,4H2,1H3,(H,7,8);2H2,1H3,(H,4,5);1,3H2. The van der Waals surface area contributed by atoms with Gasteiger partial charge in [-0.2, -0.15) is 10.5 Å². The number of allylic oxidation sites excluding steroid dienone is 1. The largest absolute Gasteiger partial charge is 0.481 e. The molecule has 4 N–H and O–H groups in total. The number of hydrogen-bond acceptors (Lipinski definition) is 6. The molecule has 0 saturated carbocycles. The van der Waals surface area contributed by atoms with Gasteiger partial charge in [0.1, 0.15) is 11.7 Å². The van der Waals surface area contributed by atoms with E-state index < -0.39 is 5.97 Å². The number of nitrogens with one attached hydrogen (secondary N) is 1. The summed E-state index contributed by atoms with van der Waals surface area (Å²) in [5.74, 6) is -0.823. The minimum absolute atomic E-state index is 0.0773. The van der Waals surface area contributed by atoms with Crippen molar-refractivity contribution in [1.82, 2.24) is 5.32 Å². The number of carbonyl (C=O) groups is 2. The van der Waals surface area contributed by atoms with E-state index >= 15 is 0 Å². The Labute approximate surface area is 154 Å². The summed E-state index contributed by atoms with van der Waals surface area (Å²) in [6, 6.07) is 3.51. The van der Waals surface area contributed by atoms with Crippen LogP contribution in [0.5, 0.6) is 0 Å². The number of carboxylic acid groups (broad SMARTS) is 1. The number of aliphatic carboxylic acids is 1. The van der Waals surface area contributed by atoms with E-state index in [1.165, 1.54) is 5.71 Å². The molecule has 1 rings (SSSR count). The molecule has 0 aromatic heterocycles. The summed E-state index contributed by atoms with van der Waals surface area (Å²) in [6.45, 7) is 5.67. The Morgan fingerprint density at radius 3 is 2.04 bits per heavy atom. The number of carboxylic acids is 1. The van der Waals surface area contributed by atoms with Gasteiger partial charge < -0.3 is 16.2 Å². The van der Waals surface area contributed by atoms with Crippen molar-refractivity contribution >= 4 is 29.2 Å². The van der Waals surface area contributed by atoms with Crippen molar-refractivity contribution in [3.63, 3.8) is 0 Å². The fraction of sp³-hybridized carbons (Fsp3) is 0.562. The first-order valence-electron chi connectivity index (χ1n) is 7.67. The summed E-state index contributed by atoms with van der Waals surface area (Å²) in [7, 11) is 0. The molecule has 0 fully saturated rings. The van der Waals surface area contributed by atoms with Crippen LogP contribution in [0, 0.1) is 22.7 Å². The van der Waals surface area contributed by atoms with Crippen molar-refractivity contribution in [3.8, 4) is 12.1 Å². The quantitative estimate of drug-likeness (QED) is 0.509. The van der Waals surface area contributed by atoms with Gasteiger partial charge in [-0.05, 0) is 12.5 Å². The smallest absolute Gasteiger partial charge is 0.303 e. The molecule has 0 spiro atoms. The Morgan fingerprint density at radius 1 is 1.32 bits per heavy atom. The molecule has 0 aliphatic carbocycles. The number of amides is 1. The van der Waals surface area contributed by atoms with Gasteiger partial charge in [-0.1, -0.05) is 32.4 Å². The van der Waals surface area contributed by atoms with Crippen LogP contribution in [0.25, 0.3) is 0 Å². The first kappa shape index (κ1) is 27.4. The molecule has 1 amide bonds. The molecule has 1 heterocycles. The molecular weight excluding hydrogens is 346 g/mol. The fourth-order valence-electron chi connectivity index (χ4n) is 0.931. The number of nitrogens with zero attached hydrogens (tertiary/aromatic N) is 3. The Kier molecular flexibility index (Phi) is 23.7. The summed E-state index contributed by atoms with van der Waals surface area (Å²) in [4.78, 5) is 23.7. The van der Waals surface area contributed by atoms with Crippen molar-refractivity contribution in [2.24, 2.45) is 10.7 Å². The molecule has 140 valence electrons. The highest BCUT2D eigenvalue weighted by Gasteiger charge is 2.02. The predicted molar refractivity (Wildman–Crippen MR) is 97.8 cm³/mol. The van der Waals surface area contributed by atoms with Gasteiger partial charge in [0, 0.05) is 25.0 Å². The van der Waals surface area contributed by atoms with E-state index in [0.29, 0.717) is 11.6 Å². The predicted octanol–water partition coefficient (Wildman–Crippen LogP) is 2.31. The average Bonchev–Trinajstić information content (AvgIpc) is 3.06. The van der Waals surface area contributed by atoms with Crippen molar-refractivity contribution in [2.75, 3.05) is 13.1 Å². The van der Waals surface area contributed by atoms with Gasteiger partial charge >= 0.3 is 5.97 Å². The molecular formula is C16H26ClN5O3. The van der Waals surface area contributed by atoms with E-state index in [-0.39, 0.29) is 25.4 Å². The number of nitrogens with two attached hydrogens (primary N) is 1. The van der Waals surface area contributed by atoms with Crippen LogP contribution in [0.3, 0.4) is 0 Å². The van der Waals surface area contributed by atoms with Crippen LogP contribution in [0.2, 0.25) is 0 Å². The highest BCUT2D eigenvalue weighted by molar-refractivity contribution is 6.30. The van der Waals surface area contributed by atoms with E-state index in [9.17, 15) is 9.59 Å². The van der Waals surface area contributed by atoms with E-state index in [4.69, 9.17) is 27.2 Å². The summed E-state index contributed by atoms with van der Waals surface area (Å²) >= 11 is 5.56. The average molecular weight is 372 g/mol. The van der Waals surface area contributed by atoms with Crippen LogP contribution >= 0.6 is 11.6 Å². The molecule has 0 radical (unpaired) electrons. The molecule has 8 nitrogen and oxygen atoms in total. The summed E-state index contributed by atoms with van der Waals surface area (Å²) in [5.41, 5.74) is 5.86. The molecule has 0 saturated heterocycles. The Morgan fingerprint density at radius 2 is 1.84 bits per heavy atom. The second-order valence-electron chi connectivity index (χ2n) is 4.16. The number of nitriles is 2. The third-order valence-corrected chi connectivity index (χ3v) is 2.50. The van der Waals surface area contributed by atoms with E-state index in [2.05, 4.69) is 23.0 Å². The fourth-order valence-corrected chi connectivity index (χ4v) is 1.13. The van der Waals surface area contributed by atoms with E-state index in [0.717, 1.165) is 12.8 Å². The zero-order valence-electron chi connectivity index (χ0n) is 14.9. The van der Waals surface area contributed by atoms with E-state index in [1.54, 1.807) is 26.0 Å². The molecule has 0 aromatic carbocycles. The van der Waals surface area contributed by atoms with Crippen LogP contribution < -0.4 is 11.1 Å². The summed E-state index contributed by atoms with van der Waals surface area (Å²) < 4.78 is 0. The molecule has 0 atom stereocenters. The lowest BCUT2D eigenvalue weighted by Gasteiger charge is -1.92. The lowest BCUT2D eigenvalue weighted by atomic mass is 10.2. The number of carbonyl (C=O) groups excluding carboxylic acids is 1. The highest BCUT2D eigenvalue weighted by atomic mass is 35.5. The lowest BCUT2D eigenvalue weighted by Crippen LogP contribution is -2.21. The van der Waals surface area contributed by atoms with Crippen LogP contribution in [-0.4, -0.2) is 35.8 Å². The highest BCUT2D eigenvalue weighted by Crippen LogP contribution is 2.14. The van der Waals surface area contributed by atoms with Crippen LogP contribution in [0.1, 0.15) is 46.5 Å². The first-order chi connectivity index (χ1) is 11.8. The zero-order chi connectivity index (χ0) is 20.1. The maximum atomic E-state index is 10.3. The third-order valence-electron chi connectivity index (χ3n) is 2.26. The third kappa shape index (κ3) is 26.8. The van der Waals surface area contributed by atoms with Crippen LogP contribution in [0.4, 0.5) is 0 Å². The van der Waals surface area contributed by atoms with Gasteiger partial charge in [0.15, 0.2) is 0 Å². The molecule has 0 aromatic rings. The van der Waals surface area contributed by atoms with Gasteiger partial charge in [-0.3, -0.25) is 9.59 Å². The topological polar surface area (TPSA) is 152 Å². The molecule has 0 bridgehead atoms. The van der Waals surface area contributed by atoms with Crippen molar-refractivity contribution < 1.29 is 14.7 Å². The van der Waals surface area contributed by atoms with Gasteiger partial charge in [0.05, 0.1) is 18.7 Å². The SMILES string of the molecule is CCC(=O)NCC#N.CCC(=O)O.CCC1=NC(Cl)=CC1.N#CCN. The monoisotopic (exact) mass is 371 g/mol. The van der Waals surface area contributed by atoms with E-state index in [1.807, 2.05) is 6.08 Å². The zero-order valence-corrected chi connectivity index (χ0v) is 15.6. The molecule has 25 heavy (non-hydrogen) atoms. The number of rotatable bonds is 4. The van der Waals surface area contributed by atoms with Crippen LogP contribution in [0.15, 0.2) is 16.2 Å². The second kappa shape index (κ2) is 21.6. The molecule has 1 aliphatic rings. The molecule has 0 unspecified atom stereocenters. The number of hydrogen-bond donors (Lipinski definition) is 3. The summed E-state index contributed by atoms with van der Waals surface area (Å²) in [5, 5.41) is 26.2. The Hall–Kier alpha value is -2.42. The molecule has 1 aliphatic heterocycles. The van der Waals surface area contributed by atoms with Crippen molar-refractivity contribution in [1.29, 1.82) is 10.5 Å². The Balaban J connectivity index is -0.000000270. The minimum Gasteiger partial charge on any atom is -0.481 e. The lowest BCUT2D eigenvalue weighted by molar-refractivity contribution is -0.136. The molecule has 9 heteroatoms. The first-order valence-corrected chi connectivity index (χ1v) is 8.04. The van der Waals surface area contributed by atoms with Crippen LogP contribution in [-0.2, 0) is 9.59 Å². The second-order valence-corrected chi connectivity index (χ2v) is 4.55. The normalized spacial score (nSPS) is 10.5. The van der Waals surface area contributed by atoms with Crippen molar-refractivity contribution in [3.05, 3.63) is 11.2 Å². The maximum Gasteiger partial charge on any atom is 0.303 e. The minimum atomic E-state index is -0.745.